The molecule has 160 valence electrons. The number of fused-ring (bicyclic) bond motifs is 1. The second kappa shape index (κ2) is 8.99. The Kier molecular flexibility index (Phi) is 5.97. The molecule has 1 aromatic heterocycles. The standard InChI is InChI=1S/C23H24N4O4/c1-30-22-20(25-18-7-3-4-8-19(18)26-22)27-13-5-6-16(14-27)21(28)24-17-11-9-15(10-12-17)23(29)31-2/h3-4,7-12,16H,5-6,13-14H2,1-2H3,(H,24,28). The molecule has 1 aliphatic rings. The van der Waals surface area contributed by atoms with Gasteiger partial charge >= 0.3 is 5.97 Å². The minimum Gasteiger partial charge on any atom is -0.478 e. The van der Waals surface area contributed by atoms with E-state index in [1.54, 1.807) is 31.4 Å². The molecule has 1 fully saturated rings. The van der Waals surface area contributed by atoms with Crippen LogP contribution in [-0.4, -0.2) is 49.2 Å². The number of aromatic nitrogens is 2. The highest BCUT2D eigenvalue weighted by molar-refractivity contribution is 5.94. The van der Waals surface area contributed by atoms with Crippen LogP contribution in [0.25, 0.3) is 11.0 Å². The molecule has 8 nitrogen and oxygen atoms in total. The average Bonchev–Trinajstić information content (AvgIpc) is 2.83. The lowest BCUT2D eigenvalue weighted by molar-refractivity contribution is -0.120. The van der Waals surface area contributed by atoms with Crippen LogP contribution in [-0.2, 0) is 9.53 Å². The van der Waals surface area contributed by atoms with Crippen molar-refractivity contribution in [3.8, 4) is 5.88 Å². The van der Waals surface area contributed by atoms with Crippen LogP contribution in [0, 0.1) is 5.92 Å². The molecule has 2 aromatic carbocycles. The molecule has 0 spiro atoms. The average molecular weight is 420 g/mol. The second-order valence-corrected chi connectivity index (χ2v) is 7.39. The number of hydrogen-bond donors (Lipinski definition) is 1. The number of nitrogens with one attached hydrogen (secondary N) is 1. The highest BCUT2D eigenvalue weighted by atomic mass is 16.5. The van der Waals surface area contributed by atoms with Crippen LogP contribution in [0.1, 0.15) is 23.2 Å². The van der Waals surface area contributed by atoms with Gasteiger partial charge in [-0.1, -0.05) is 12.1 Å². The number of esters is 1. The summed E-state index contributed by atoms with van der Waals surface area (Å²) in [6, 6.07) is 14.3. The van der Waals surface area contributed by atoms with E-state index in [9.17, 15) is 9.59 Å². The molecule has 1 aliphatic heterocycles. The number of amides is 1. The summed E-state index contributed by atoms with van der Waals surface area (Å²) in [6.45, 7) is 1.30. The number of hydrogen-bond acceptors (Lipinski definition) is 7. The first-order chi connectivity index (χ1) is 15.1. The monoisotopic (exact) mass is 420 g/mol. The summed E-state index contributed by atoms with van der Waals surface area (Å²) in [5.74, 6) is 0.431. The third-order valence-electron chi connectivity index (χ3n) is 5.38. The number of carbonyl (C=O) groups is 2. The molecular formula is C23H24N4O4. The molecule has 3 aromatic rings. The van der Waals surface area contributed by atoms with Gasteiger partial charge in [-0.25, -0.2) is 14.8 Å². The molecule has 31 heavy (non-hydrogen) atoms. The molecule has 8 heteroatoms. The topological polar surface area (TPSA) is 93.7 Å². The predicted molar refractivity (Wildman–Crippen MR) is 117 cm³/mol. The SMILES string of the molecule is COC(=O)c1ccc(NC(=O)C2CCCN(c3nc4ccccc4nc3OC)C2)cc1. The van der Waals surface area contributed by atoms with Crippen LogP contribution in [0.3, 0.4) is 0 Å². The van der Waals surface area contributed by atoms with Crippen molar-refractivity contribution in [2.45, 2.75) is 12.8 Å². The lowest BCUT2D eigenvalue weighted by Crippen LogP contribution is -2.41. The normalized spacial score (nSPS) is 16.1. The van der Waals surface area contributed by atoms with E-state index in [2.05, 4.69) is 15.2 Å². The summed E-state index contributed by atoms with van der Waals surface area (Å²) in [5, 5.41) is 2.94. The largest absolute Gasteiger partial charge is 0.478 e. The fourth-order valence-corrected chi connectivity index (χ4v) is 3.75. The highest BCUT2D eigenvalue weighted by Crippen LogP contribution is 2.30. The number of benzene rings is 2. The van der Waals surface area contributed by atoms with Crippen LogP contribution >= 0.6 is 0 Å². The summed E-state index contributed by atoms with van der Waals surface area (Å²) in [6.07, 6.45) is 1.64. The first-order valence-electron chi connectivity index (χ1n) is 10.1. The van der Waals surface area contributed by atoms with Gasteiger partial charge in [-0.05, 0) is 49.2 Å². The number of carbonyl (C=O) groups excluding carboxylic acids is 2. The van der Waals surface area contributed by atoms with Gasteiger partial charge in [-0.2, -0.15) is 0 Å². The lowest BCUT2D eigenvalue weighted by atomic mass is 9.97. The highest BCUT2D eigenvalue weighted by Gasteiger charge is 2.29. The van der Waals surface area contributed by atoms with Crippen LogP contribution in [0.2, 0.25) is 0 Å². The van der Waals surface area contributed by atoms with Crippen LogP contribution < -0.4 is 15.0 Å². The molecule has 0 saturated carbocycles. The summed E-state index contributed by atoms with van der Waals surface area (Å²) in [4.78, 5) is 35.8. The van der Waals surface area contributed by atoms with Crippen molar-refractivity contribution in [1.29, 1.82) is 0 Å². The maximum absolute atomic E-state index is 12.9. The Hall–Kier alpha value is -3.68. The van der Waals surface area contributed by atoms with E-state index in [-0.39, 0.29) is 11.8 Å². The summed E-state index contributed by atoms with van der Waals surface area (Å²) in [5.41, 5.74) is 2.63. The maximum Gasteiger partial charge on any atom is 0.337 e. The molecule has 4 rings (SSSR count). The van der Waals surface area contributed by atoms with Crippen molar-refractivity contribution >= 4 is 34.4 Å². The third kappa shape index (κ3) is 4.42. The lowest BCUT2D eigenvalue weighted by Gasteiger charge is -2.33. The molecule has 1 unspecified atom stereocenters. The Morgan fingerprint density at radius 3 is 2.42 bits per heavy atom. The Bertz CT molecular complexity index is 1100. The number of nitrogens with zero attached hydrogens (tertiary/aromatic N) is 3. The van der Waals surface area contributed by atoms with Gasteiger partial charge in [0.1, 0.15) is 0 Å². The van der Waals surface area contributed by atoms with E-state index in [1.807, 2.05) is 24.3 Å². The smallest absolute Gasteiger partial charge is 0.337 e. The van der Waals surface area contributed by atoms with Gasteiger partial charge in [0, 0.05) is 18.8 Å². The van der Waals surface area contributed by atoms with E-state index >= 15 is 0 Å². The van der Waals surface area contributed by atoms with Crippen molar-refractivity contribution in [2.24, 2.45) is 5.92 Å². The summed E-state index contributed by atoms with van der Waals surface area (Å²) in [7, 11) is 2.91. The van der Waals surface area contributed by atoms with Crippen LogP contribution in [0.15, 0.2) is 48.5 Å². The molecule has 2 heterocycles. The van der Waals surface area contributed by atoms with Gasteiger partial charge in [-0.15, -0.1) is 0 Å². The number of piperidine rings is 1. The fourth-order valence-electron chi connectivity index (χ4n) is 3.75. The van der Waals surface area contributed by atoms with Crippen LogP contribution in [0.4, 0.5) is 11.5 Å². The third-order valence-corrected chi connectivity index (χ3v) is 5.38. The Labute approximate surface area is 180 Å². The van der Waals surface area contributed by atoms with Gasteiger partial charge in [0.25, 0.3) is 5.88 Å². The number of para-hydroxylation sites is 2. The number of rotatable bonds is 5. The van der Waals surface area contributed by atoms with Gasteiger partial charge in [0.15, 0.2) is 5.82 Å². The van der Waals surface area contributed by atoms with E-state index in [4.69, 9.17) is 14.5 Å². The number of anilines is 2. The minimum atomic E-state index is -0.411. The number of methoxy groups -OCH3 is 2. The Morgan fingerprint density at radius 1 is 1.03 bits per heavy atom. The van der Waals surface area contributed by atoms with Crippen molar-refractivity contribution in [3.63, 3.8) is 0 Å². The Balaban J connectivity index is 1.49. The zero-order valence-corrected chi connectivity index (χ0v) is 17.5. The summed E-state index contributed by atoms with van der Waals surface area (Å²) >= 11 is 0. The van der Waals surface area contributed by atoms with Gasteiger partial charge in [-0.3, -0.25) is 4.79 Å². The molecule has 1 saturated heterocycles. The molecule has 1 N–H and O–H groups in total. The first-order valence-corrected chi connectivity index (χ1v) is 10.1. The number of ether oxygens (including phenoxy) is 2. The van der Waals surface area contributed by atoms with E-state index in [0.29, 0.717) is 29.5 Å². The zero-order chi connectivity index (χ0) is 21.8. The minimum absolute atomic E-state index is 0.0665. The van der Waals surface area contributed by atoms with Crippen molar-refractivity contribution in [1.82, 2.24) is 9.97 Å². The molecule has 0 bridgehead atoms. The fraction of sp³-hybridized carbons (Fsp3) is 0.304. The van der Waals surface area contributed by atoms with E-state index < -0.39 is 5.97 Å². The first kappa shape index (κ1) is 20.6. The summed E-state index contributed by atoms with van der Waals surface area (Å²) < 4.78 is 10.2. The van der Waals surface area contributed by atoms with Crippen LogP contribution in [0.5, 0.6) is 5.88 Å². The maximum atomic E-state index is 12.9. The predicted octanol–water partition coefficient (Wildman–Crippen LogP) is 3.28. The Morgan fingerprint density at radius 2 is 1.74 bits per heavy atom. The molecule has 0 aliphatic carbocycles. The van der Waals surface area contributed by atoms with Crippen molar-refractivity contribution < 1.29 is 19.1 Å². The molecule has 1 amide bonds. The van der Waals surface area contributed by atoms with Crippen molar-refractivity contribution in [3.05, 3.63) is 54.1 Å². The van der Waals surface area contributed by atoms with E-state index in [1.165, 1.54) is 7.11 Å². The molecule has 1 atom stereocenters. The molecule has 0 radical (unpaired) electrons. The van der Waals surface area contributed by atoms with Gasteiger partial charge < -0.3 is 19.7 Å². The van der Waals surface area contributed by atoms with E-state index in [0.717, 1.165) is 30.4 Å². The quantitative estimate of drug-likeness (QED) is 0.633. The van der Waals surface area contributed by atoms with Gasteiger partial charge in [0.2, 0.25) is 5.91 Å². The zero-order valence-electron chi connectivity index (χ0n) is 17.5. The molecular weight excluding hydrogens is 396 g/mol. The second-order valence-electron chi connectivity index (χ2n) is 7.39. The van der Waals surface area contributed by atoms with Gasteiger partial charge in [0.05, 0.1) is 36.7 Å². The van der Waals surface area contributed by atoms with Crippen molar-refractivity contribution in [2.75, 3.05) is 37.5 Å².